The average Bonchev–Trinajstić information content (AvgIpc) is 3.08. The minimum absolute atomic E-state index is 0.0296. The minimum atomic E-state index is -0.422. The maximum Gasteiger partial charge on any atom is 0.252 e. The molecular weight excluding hydrogens is 220 g/mol. The van der Waals surface area contributed by atoms with Crippen LogP contribution in [0.3, 0.4) is 0 Å². The molecule has 0 unspecified atom stereocenters. The summed E-state index contributed by atoms with van der Waals surface area (Å²) in [5.41, 5.74) is 6.17. The molecule has 0 atom stereocenters. The fraction of sp³-hybridized carbons (Fsp3) is 0.417. The molecule has 0 heterocycles. The lowest BCUT2D eigenvalue weighted by atomic mass is 10.1. The van der Waals surface area contributed by atoms with Gasteiger partial charge in [-0.15, -0.1) is 0 Å². The number of methoxy groups -OCH3 is 1. The summed E-state index contributed by atoms with van der Waals surface area (Å²) in [7, 11) is 1.52. The summed E-state index contributed by atoms with van der Waals surface area (Å²) in [5, 5.41) is 12.0. The van der Waals surface area contributed by atoms with E-state index in [-0.39, 0.29) is 12.5 Å². The van der Waals surface area contributed by atoms with Crippen molar-refractivity contribution in [2.75, 3.05) is 19.5 Å². The Kier molecular flexibility index (Phi) is 2.93. The van der Waals surface area contributed by atoms with Crippen LogP contribution < -0.4 is 15.8 Å². The molecule has 2 rings (SSSR count). The normalized spacial score (nSPS) is 16.4. The molecule has 5 heteroatoms. The number of anilines is 1. The van der Waals surface area contributed by atoms with Gasteiger partial charge in [-0.3, -0.25) is 4.79 Å². The smallest absolute Gasteiger partial charge is 0.252 e. The lowest BCUT2D eigenvalue weighted by Crippen LogP contribution is -2.39. The van der Waals surface area contributed by atoms with Crippen molar-refractivity contribution < 1.29 is 14.6 Å². The third-order valence-corrected chi connectivity index (χ3v) is 2.96. The first kappa shape index (κ1) is 11.7. The minimum Gasteiger partial charge on any atom is -0.497 e. The second-order valence-electron chi connectivity index (χ2n) is 4.39. The van der Waals surface area contributed by atoms with Crippen LogP contribution >= 0.6 is 0 Å². The number of hydrogen-bond acceptors (Lipinski definition) is 4. The van der Waals surface area contributed by atoms with Crippen molar-refractivity contribution >= 4 is 11.6 Å². The second-order valence-corrected chi connectivity index (χ2v) is 4.39. The highest BCUT2D eigenvalue weighted by atomic mass is 16.5. The Morgan fingerprint density at radius 2 is 2.24 bits per heavy atom. The SMILES string of the molecule is COc1cc(N)cc(C(=O)NC2(CO)CC2)c1. The third-order valence-electron chi connectivity index (χ3n) is 2.96. The molecule has 0 bridgehead atoms. The van der Waals surface area contributed by atoms with Crippen LogP contribution in [-0.4, -0.2) is 30.3 Å². The number of carbonyl (C=O) groups excluding carboxylic acids is 1. The van der Waals surface area contributed by atoms with Gasteiger partial charge in [0.05, 0.1) is 19.3 Å². The molecule has 5 nitrogen and oxygen atoms in total. The van der Waals surface area contributed by atoms with Gasteiger partial charge in [0.2, 0.25) is 0 Å². The Bertz CT molecular complexity index is 441. The molecule has 17 heavy (non-hydrogen) atoms. The zero-order valence-electron chi connectivity index (χ0n) is 9.69. The van der Waals surface area contributed by atoms with Crippen LogP contribution in [-0.2, 0) is 0 Å². The van der Waals surface area contributed by atoms with Crippen molar-refractivity contribution in [2.24, 2.45) is 0 Å². The molecule has 0 saturated heterocycles. The number of benzene rings is 1. The topological polar surface area (TPSA) is 84.6 Å². The van der Waals surface area contributed by atoms with Gasteiger partial charge in [-0.05, 0) is 25.0 Å². The van der Waals surface area contributed by atoms with Gasteiger partial charge in [0.25, 0.3) is 5.91 Å². The van der Waals surface area contributed by atoms with Crippen LogP contribution in [0.15, 0.2) is 18.2 Å². The molecule has 0 aromatic heterocycles. The molecule has 0 radical (unpaired) electrons. The molecule has 1 saturated carbocycles. The van der Waals surface area contributed by atoms with E-state index in [1.807, 2.05) is 0 Å². The maximum absolute atomic E-state index is 11.9. The highest BCUT2D eigenvalue weighted by Gasteiger charge is 2.43. The van der Waals surface area contributed by atoms with E-state index >= 15 is 0 Å². The Labute approximate surface area is 99.6 Å². The van der Waals surface area contributed by atoms with Crippen LogP contribution in [0.5, 0.6) is 5.75 Å². The van der Waals surface area contributed by atoms with E-state index in [0.717, 1.165) is 12.8 Å². The summed E-state index contributed by atoms with van der Waals surface area (Å²) in [6.45, 7) is -0.0296. The van der Waals surface area contributed by atoms with Crippen LogP contribution in [0.25, 0.3) is 0 Å². The first-order valence-corrected chi connectivity index (χ1v) is 5.46. The third kappa shape index (κ3) is 2.50. The van der Waals surface area contributed by atoms with E-state index in [0.29, 0.717) is 17.0 Å². The van der Waals surface area contributed by atoms with Crippen molar-refractivity contribution in [2.45, 2.75) is 18.4 Å². The number of ether oxygens (including phenoxy) is 1. The highest BCUT2D eigenvalue weighted by Crippen LogP contribution is 2.35. The summed E-state index contributed by atoms with van der Waals surface area (Å²) in [4.78, 5) is 11.9. The van der Waals surface area contributed by atoms with Crippen molar-refractivity contribution in [3.05, 3.63) is 23.8 Å². The number of nitrogens with one attached hydrogen (secondary N) is 1. The first-order valence-electron chi connectivity index (χ1n) is 5.46. The molecule has 1 aromatic carbocycles. The Balaban J connectivity index is 2.16. The predicted octanol–water partition coefficient (Wildman–Crippen LogP) is 0.532. The molecule has 1 aliphatic carbocycles. The Morgan fingerprint density at radius 1 is 1.53 bits per heavy atom. The van der Waals surface area contributed by atoms with Gasteiger partial charge in [-0.25, -0.2) is 0 Å². The maximum atomic E-state index is 11.9. The van der Waals surface area contributed by atoms with Crippen LogP contribution in [0.1, 0.15) is 23.2 Å². The zero-order valence-corrected chi connectivity index (χ0v) is 9.69. The van der Waals surface area contributed by atoms with Gasteiger partial charge in [0.15, 0.2) is 0 Å². The molecule has 1 amide bonds. The largest absolute Gasteiger partial charge is 0.497 e. The second kappa shape index (κ2) is 4.25. The molecule has 0 aliphatic heterocycles. The number of aliphatic hydroxyl groups is 1. The van der Waals surface area contributed by atoms with E-state index in [4.69, 9.17) is 15.6 Å². The number of aliphatic hydroxyl groups excluding tert-OH is 1. The van der Waals surface area contributed by atoms with Crippen LogP contribution in [0.4, 0.5) is 5.69 Å². The first-order chi connectivity index (χ1) is 8.08. The number of carbonyl (C=O) groups is 1. The fourth-order valence-corrected chi connectivity index (χ4v) is 1.66. The van der Waals surface area contributed by atoms with Crippen molar-refractivity contribution in [3.8, 4) is 5.75 Å². The summed E-state index contributed by atoms with van der Waals surface area (Å²) in [6.07, 6.45) is 1.63. The van der Waals surface area contributed by atoms with Gasteiger partial charge in [0, 0.05) is 17.3 Å². The standard InChI is InChI=1S/C12H16N2O3/c1-17-10-5-8(4-9(13)6-10)11(16)14-12(7-15)2-3-12/h4-6,15H,2-3,7,13H2,1H3,(H,14,16). The van der Waals surface area contributed by atoms with Crippen molar-refractivity contribution in [3.63, 3.8) is 0 Å². The van der Waals surface area contributed by atoms with E-state index in [1.54, 1.807) is 18.2 Å². The number of hydrogen-bond donors (Lipinski definition) is 3. The number of nitrogens with two attached hydrogens (primary N) is 1. The molecule has 1 aliphatic rings. The quantitative estimate of drug-likeness (QED) is 0.666. The Hall–Kier alpha value is -1.75. The molecule has 1 aromatic rings. The predicted molar refractivity (Wildman–Crippen MR) is 63.9 cm³/mol. The zero-order chi connectivity index (χ0) is 12.5. The lowest BCUT2D eigenvalue weighted by molar-refractivity contribution is 0.0906. The van der Waals surface area contributed by atoms with Crippen LogP contribution in [0.2, 0.25) is 0 Å². The van der Waals surface area contributed by atoms with Crippen molar-refractivity contribution in [1.82, 2.24) is 5.32 Å². The van der Waals surface area contributed by atoms with E-state index in [1.165, 1.54) is 7.11 Å². The van der Waals surface area contributed by atoms with Gasteiger partial charge >= 0.3 is 0 Å². The van der Waals surface area contributed by atoms with Crippen molar-refractivity contribution in [1.29, 1.82) is 0 Å². The van der Waals surface area contributed by atoms with E-state index in [2.05, 4.69) is 5.32 Å². The number of amides is 1. The lowest BCUT2D eigenvalue weighted by Gasteiger charge is -2.14. The molecular formula is C12H16N2O3. The molecule has 4 N–H and O–H groups in total. The Morgan fingerprint density at radius 3 is 2.76 bits per heavy atom. The number of rotatable bonds is 4. The highest BCUT2D eigenvalue weighted by molar-refractivity contribution is 5.96. The van der Waals surface area contributed by atoms with Gasteiger partial charge < -0.3 is 20.9 Å². The van der Waals surface area contributed by atoms with E-state index < -0.39 is 5.54 Å². The molecule has 1 fully saturated rings. The van der Waals surface area contributed by atoms with Gasteiger partial charge in [-0.2, -0.15) is 0 Å². The average molecular weight is 236 g/mol. The van der Waals surface area contributed by atoms with E-state index in [9.17, 15) is 4.79 Å². The van der Waals surface area contributed by atoms with Gasteiger partial charge in [-0.1, -0.05) is 0 Å². The monoisotopic (exact) mass is 236 g/mol. The summed E-state index contributed by atoms with van der Waals surface area (Å²) in [6, 6.07) is 4.86. The fourth-order valence-electron chi connectivity index (χ4n) is 1.66. The molecule has 0 spiro atoms. The van der Waals surface area contributed by atoms with Crippen LogP contribution in [0, 0.1) is 0 Å². The van der Waals surface area contributed by atoms with Gasteiger partial charge in [0.1, 0.15) is 5.75 Å². The summed E-state index contributed by atoms with van der Waals surface area (Å²) < 4.78 is 5.05. The molecule has 92 valence electrons. The summed E-state index contributed by atoms with van der Waals surface area (Å²) in [5.74, 6) is 0.311. The summed E-state index contributed by atoms with van der Waals surface area (Å²) >= 11 is 0. The number of nitrogen functional groups attached to an aromatic ring is 1.